The summed E-state index contributed by atoms with van der Waals surface area (Å²) in [5.41, 5.74) is 1.05. The molecule has 3 heteroatoms. The van der Waals surface area contributed by atoms with Crippen LogP contribution in [-0.4, -0.2) is 13.1 Å². The lowest BCUT2D eigenvalue weighted by atomic mass is 10.0. The van der Waals surface area contributed by atoms with E-state index in [0.29, 0.717) is 6.42 Å². The van der Waals surface area contributed by atoms with Crippen LogP contribution in [-0.2, 0) is 9.53 Å². The van der Waals surface area contributed by atoms with E-state index < -0.39 is 0 Å². The first-order valence-electron chi connectivity index (χ1n) is 5.63. The summed E-state index contributed by atoms with van der Waals surface area (Å²) in [6.07, 6.45) is 3.36. The molecule has 1 aliphatic heterocycles. The van der Waals surface area contributed by atoms with Crippen molar-refractivity contribution in [2.45, 2.75) is 31.8 Å². The molecule has 1 aliphatic rings. The van der Waals surface area contributed by atoms with Crippen LogP contribution in [0.2, 0.25) is 0 Å². The highest BCUT2D eigenvalue weighted by Crippen LogP contribution is 2.28. The Labute approximate surface area is 95.4 Å². The van der Waals surface area contributed by atoms with Crippen LogP contribution in [0.1, 0.15) is 37.4 Å². The number of carbonyl (C=O) groups excluding carboxylic acids is 1. The molecular weight excluding hydrogens is 204 g/mol. The van der Waals surface area contributed by atoms with Crippen molar-refractivity contribution in [1.29, 1.82) is 0 Å². The van der Waals surface area contributed by atoms with E-state index in [1.165, 1.54) is 0 Å². The topological polar surface area (TPSA) is 35.5 Å². The zero-order chi connectivity index (χ0) is 11.4. The van der Waals surface area contributed by atoms with Crippen molar-refractivity contribution in [3.63, 3.8) is 0 Å². The number of ether oxygens (including phenoxy) is 2. The van der Waals surface area contributed by atoms with Gasteiger partial charge in [-0.25, -0.2) is 0 Å². The van der Waals surface area contributed by atoms with Crippen molar-refractivity contribution in [3.8, 4) is 5.75 Å². The predicted molar refractivity (Wildman–Crippen MR) is 60.3 cm³/mol. The van der Waals surface area contributed by atoms with Gasteiger partial charge in [0.1, 0.15) is 11.9 Å². The average Bonchev–Trinajstić information content (AvgIpc) is 2.54. The van der Waals surface area contributed by atoms with E-state index in [-0.39, 0.29) is 12.1 Å². The average molecular weight is 220 g/mol. The van der Waals surface area contributed by atoms with Gasteiger partial charge in [-0.15, -0.1) is 0 Å². The minimum atomic E-state index is -0.0849. The van der Waals surface area contributed by atoms with Gasteiger partial charge in [0, 0.05) is 6.42 Å². The van der Waals surface area contributed by atoms with E-state index in [9.17, 15) is 4.79 Å². The highest BCUT2D eigenvalue weighted by Gasteiger charge is 2.19. The summed E-state index contributed by atoms with van der Waals surface area (Å²) >= 11 is 0. The first-order valence-corrected chi connectivity index (χ1v) is 5.63. The fourth-order valence-corrected chi connectivity index (χ4v) is 1.93. The van der Waals surface area contributed by atoms with E-state index >= 15 is 0 Å². The molecule has 3 nitrogen and oxygen atoms in total. The highest BCUT2D eigenvalue weighted by molar-refractivity contribution is 5.69. The summed E-state index contributed by atoms with van der Waals surface area (Å²) in [5, 5.41) is 0. The fourth-order valence-electron chi connectivity index (χ4n) is 1.93. The molecule has 0 unspecified atom stereocenters. The molecule has 1 saturated heterocycles. The number of methoxy groups -OCH3 is 1. The minimum Gasteiger partial charge on any atom is -0.497 e. The van der Waals surface area contributed by atoms with Crippen LogP contribution in [0.3, 0.4) is 0 Å². The highest BCUT2D eigenvalue weighted by atomic mass is 16.5. The molecule has 0 bridgehead atoms. The first kappa shape index (κ1) is 11.0. The Morgan fingerprint density at radius 1 is 1.25 bits per heavy atom. The molecule has 1 aromatic rings. The van der Waals surface area contributed by atoms with Gasteiger partial charge in [-0.3, -0.25) is 4.79 Å². The molecule has 1 heterocycles. The molecule has 0 radical (unpaired) electrons. The molecule has 0 saturated carbocycles. The van der Waals surface area contributed by atoms with Crippen molar-refractivity contribution >= 4 is 5.97 Å². The van der Waals surface area contributed by atoms with Gasteiger partial charge in [-0.1, -0.05) is 12.1 Å². The largest absolute Gasteiger partial charge is 0.497 e. The number of hydrogen-bond acceptors (Lipinski definition) is 3. The monoisotopic (exact) mass is 220 g/mol. The van der Waals surface area contributed by atoms with Crippen LogP contribution in [0.25, 0.3) is 0 Å². The van der Waals surface area contributed by atoms with E-state index in [1.54, 1.807) is 7.11 Å². The molecule has 2 rings (SSSR count). The van der Waals surface area contributed by atoms with Gasteiger partial charge in [0.15, 0.2) is 0 Å². The molecule has 0 spiro atoms. The van der Waals surface area contributed by atoms with Crippen LogP contribution in [0, 0.1) is 0 Å². The number of cyclic esters (lactones) is 1. The molecule has 1 aromatic carbocycles. The standard InChI is InChI=1S/C13H16O3/c1-15-11-8-6-10(7-9-11)12-4-2-3-5-13(14)16-12/h6-9,12H,2-5H2,1H3/t12-/m1/s1. The Morgan fingerprint density at radius 2 is 2.00 bits per heavy atom. The molecule has 0 aliphatic carbocycles. The van der Waals surface area contributed by atoms with E-state index in [0.717, 1.165) is 30.6 Å². The SMILES string of the molecule is COc1ccc([C@H]2CCCCC(=O)O2)cc1. The summed E-state index contributed by atoms with van der Waals surface area (Å²) in [5.74, 6) is 0.738. The Hall–Kier alpha value is -1.51. The van der Waals surface area contributed by atoms with Gasteiger partial charge in [-0.2, -0.15) is 0 Å². The Kier molecular flexibility index (Phi) is 3.44. The summed E-state index contributed by atoms with van der Waals surface area (Å²) in [6, 6.07) is 7.71. The number of hydrogen-bond donors (Lipinski definition) is 0. The zero-order valence-electron chi connectivity index (χ0n) is 9.44. The molecule has 1 atom stereocenters. The molecule has 0 amide bonds. The van der Waals surface area contributed by atoms with Gasteiger partial charge < -0.3 is 9.47 Å². The third-order valence-corrected chi connectivity index (χ3v) is 2.86. The lowest BCUT2D eigenvalue weighted by molar-refractivity contribution is -0.148. The fraction of sp³-hybridized carbons (Fsp3) is 0.462. The van der Waals surface area contributed by atoms with Crippen molar-refractivity contribution in [2.24, 2.45) is 0 Å². The minimum absolute atomic E-state index is 0.0825. The van der Waals surface area contributed by atoms with Crippen molar-refractivity contribution < 1.29 is 14.3 Å². The molecule has 1 fully saturated rings. The Morgan fingerprint density at radius 3 is 2.69 bits per heavy atom. The van der Waals surface area contributed by atoms with Crippen LogP contribution < -0.4 is 4.74 Å². The summed E-state index contributed by atoms with van der Waals surface area (Å²) in [7, 11) is 1.64. The molecule has 86 valence electrons. The van der Waals surface area contributed by atoms with Crippen LogP contribution in [0.5, 0.6) is 5.75 Å². The normalized spacial score (nSPS) is 21.1. The first-order chi connectivity index (χ1) is 7.79. The Bertz CT molecular complexity index is 356. The third kappa shape index (κ3) is 2.54. The third-order valence-electron chi connectivity index (χ3n) is 2.86. The second kappa shape index (κ2) is 5.01. The maximum absolute atomic E-state index is 11.3. The quantitative estimate of drug-likeness (QED) is 0.719. The number of carbonyl (C=O) groups is 1. The number of esters is 1. The molecule has 0 N–H and O–H groups in total. The van der Waals surface area contributed by atoms with Gasteiger partial charge in [-0.05, 0) is 37.0 Å². The Balaban J connectivity index is 2.12. The zero-order valence-corrected chi connectivity index (χ0v) is 9.44. The second-order valence-corrected chi connectivity index (χ2v) is 4.00. The van der Waals surface area contributed by atoms with E-state index in [4.69, 9.17) is 9.47 Å². The summed E-state index contributed by atoms with van der Waals surface area (Å²) < 4.78 is 10.5. The lowest BCUT2D eigenvalue weighted by Gasteiger charge is -2.15. The molecule has 16 heavy (non-hydrogen) atoms. The summed E-state index contributed by atoms with van der Waals surface area (Å²) in [4.78, 5) is 11.3. The van der Waals surface area contributed by atoms with Crippen molar-refractivity contribution in [2.75, 3.05) is 7.11 Å². The van der Waals surface area contributed by atoms with Crippen LogP contribution >= 0.6 is 0 Å². The smallest absolute Gasteiger partial charge is 0.306 e. The van der Waals surface area contributed by atoms with Gasteiger partial charge in [0.25, 0.3) is 0 Å². The van der Waals surface area contributed by atoms with Gasteiger partial charge >= 0.3 is 5.97 Å². The maximum atomic E-state index is 11.3. The number of benzene rings is 1. The van der Waals surface area contributed by atoms with E-state index in [1.807, 2.05) is 24.3 Å². The summed E-state index contributed by atoms with van der Waals surface area (Å²) in [6.45, 7) is 0. The number of rotatable bonds is 2. The maximum Gasteiger partial charge on any atom is 0.306 e. The van der Waals surface area contributed by atoms with E-state index in [2.05, 4.69) is 0 Å². The second-order valence-electron chi connectivity index (χ2n) is 4.00. The van der Waals surface area contributed by atoms with Crippen molar-refractivity contribution in [1.82, 2.24) is 0 Å². The van der Waals surface area contributed by atoms with Crippen LogP contribution in [0.4, 0.5) is 0 Å². The van der Waals surface area contributed by atoms with Gasteiger partial charge in [0.2, 0.25) is 0 Å². The van der Waals surface area contributed by atoms with Crippen LogP contribution in [0.15, 0.2) is 24.3 Å². The lowest BCUT2D eigenvalue weighted by Crippen LogP contribution is -2.07. The van der Waals surface area contributed by atoms with Crippen molar-refractivity contribution in [3.05, 3.63) is 29.8 Å². The molecular formula is C13H16O3. The molecule has 0 aromatic heterocycles. The predicted octanol–water partition coefficient (Wildman–Crippen LogP) is 2.85. The van der Waals surface area contributed by atoms with Gasteiger partial charge in [0.05, 0.1) is 7.11 Å².